The molecule has 0 fully saturated rings. The molecule has 0 amide bonds. The number of aryl methyl sites for hydroxylation is 1. The molecule has 1 heterocycles. The molecule has 1 rings (SSSR count). The van der Waals surface area contributed by atoms with Crippen LogP contribution in [-0.4, -0.2) is 16.3 Å². The van der Waals surface area contributed by atoms with Crippen molar-refractivity contribution < 1.29 is 18.3 Å². The van der Waals surface area contributed by atoms with Gasteiger partial charge < -0.3 is 9.67 Å². The van der Waals surface area contributed by atoms with Crippen molar-refractivity contribution in [1.29, 1.82) is 0 Å². The largest absolute Gasteiger partial charge is 0.416 e. The van der Waals surface area contributed by atoms with Gasteiger partial charge in [-0.1, -0.05) is 0 Å². The van der Waals surface area contributed by atoms with Crippen LogP contribution in [0.25, 0.3) is 0 Å². The Labute approximate surface area is 90.1 Å². The van der Waals surface area contributed by atoms with Gasteiger partial charge in [0.1, 0.15) is 0 Å². The lowest BCUT2D eigenvalue weighted by Gasteiger charge is -2.13. The van der Waals surface area contributed by atoms with Gasteiger partial charge in [-0.15, -0.1) is 0 Å². The van der Waals surface area contributed by atoms with Gasteiger partial charge in [-0.3, -0.25) is 4.79 Å². The predicted molar refractivity (Wildman–Crippen MR) is 52.2 cm³/mol. The monoisotopic (exact) mass is 235 g/mol. The van der Waals surface area contributed by atoms with Crippen molar-refractivity contribution in [3.63, 3.8) is 0 Å². The summed E-state index contributed by atoms with van der Waals surface area (Å²) in [5.41, 5.74) is -1.70. The molecule has 0 bridgehead atoms. The Morgan fingerprint density at radius 3 is 2.50 bits per heavy atom. The van der Waals surface area contributed by atoms with E-state index in [4.69, 9.17) is 5.11 Å². The van der Waals surface area contributed by atoms with Gasteiger partial charge >= 0.3 is 6.18 Å². The van der Waals surface area contributed by atoms with E-state index in [1.54, 1.807) is 6.92 Å². The Morgan fingerprint density at radius 2 is 2.06 bits per heavy atom. The number of hydrogen-bond donors (Lipinski definition) is 1. The number of halogens is 3. The topological polar surface area (TPSA) is 42.2 Å². The third-order valence-electron chi connectivity index (χ3n) is 2.24. The number of alkyl halides is 3. The van der Waals surface area contributed by atoms with E-state index in [9.17, 15) is 18.0 Å². The minimum atomic E-state index is -4.56. The van der Waals surface area contributed by atoms with E-state index in [0.29, 0.717) is 12.6 Å². The van der Waals surface area contributed by atoms with Crippen LogP contribution in [0.15, 0.2) is 17.1 Å². The molecule has 0 aromatic carbocycles. The molecule has 6 heteroatoms. The quantitative estimate of drug-likeness (QED) is 0.861. The molecule has 3 nitrogen and oxygen atoms in total. The van der Waals surface area contributed by atoms with Gasteiger partial charge in [-0.05, 0) is 18.9 Å². The standard InChI is InChI=1S/C10H12F3NO2/c1-2-14-6-7(3-4-15)8(5-9(14)16)10(11,12)13/h5-6,15H,2-4H2,1H3. The minimum absolute atomic E-state index is 0.0588. The van der Waals surface area contributed by atoms with Gasteiger partial charge in [0.05, 0.1) is 5.56 Å². The second-order valence-corrected chi connectivity index (χ2v) is 3.31. The third kappa shape index (κ3) is 2.63. The second-order valence-electron chi connectivity index (χ2n) is 3.31. The highest BCUT2D eigenvalue weighted by atomic mass is 19.4. The average molecular weight is 235 g/mol. The lowest BCUT2D eigenvalue weighted by molar-refractivity contribution is -0.138. The van der Waals surface area contributed by atoms with Crippen LogP contribution in [0.1, 0.15) is 18.1 Å². The van der Waals surface area contributed by atoms with Crippen molar-refractivity contribution in [3.8, 4) is 0 Å². The molecule has 0 atom stereocenters. The zero-order valence-electron chi connectivity index (χ0n) is 8.71. The Kier molecular flexibility index (Phi) is 3.74. The number of nitrogens with zero attached hydrogens (tertiary/aromatic N) is 1. The minimum Gasteiger partial charge on any atom is -0.396 e. The van der Waals surface area contributed by atoms with Gasteiger partial charge in [0.25, 0.3) is 5.56 Å². The summed E-state index contributed by atoms with van der Waals surface area (Å²) in [5.74, 6) is 0. The number of pyridine rings is 1. The van der Waals surface area contributed by atoms with Crippen molar-refractivity contribution in [2.45, 2.75) is 26.1 Å². The molecule has 0 unspecified atom stereocenters. The normalized spacial score (nSPS) is 11.8. The zero-order valence-corrected chi connectivity index (χ0v) is 8.71. The molecular formula is C10H12F3NO2. The van der Waals surface area contributed by atoms with Crippen LogP contribution in [0.2, 0.25) is 0 Å². The highest BCUT2D eigenvalue weighted by Gasteiger charge is 2.33. The predicted octanol–water partition coefficient (Wildman–Crippen LogP) is 1.42. The van der Waals surface area contributed by atoms with Gasteiger partial charge in [-0.2, -0.15) is 13.2 Å². The van der Waals surface area contributed by atoms with Gasteiger partial charge in [0.15, 0.2) is 0 Å². The number of rotatable bonds is 3. The van der Waals surface area contributed by atoms with E-state index < -0.39 is 17.3 Å². The molecule has 1 N–H and O–H groups in total. The first-order valence-electron chi connectivity index (χ1n) is 4.81. The smallest absolute Gasteiger partial charge is 0.396 e. The third-order valence-corrected chi connectivity index (χ3v) is 2.24. The maximum atomic E-state index is 12.6. The summed E-state index contributed by atoms with van der Waals surface area (Å²) >= 11 is 0. The molecule has 1 aromatic heterocycles. The Hall–Kier alpha value is -1.30. The van der Waals surface area contributed by atoms with Crippen molar-refractivity contribution in [2.75, 3.05) is 6.61 Å². The van der Waals surface area contributed by atoms with E-state index in [-0.39, 0.29) is 18.6 Å². The molecule has 90 valence electrons. The summed E-state index contributed by atoms with van der Waals surface area (Å²) in [6.45, 7) is 1.58. The first-order valence-corrected chi connectivity index (χ1v) is 4.81. The number of aliphatic hydroxyl groups excluding tert-OH is 1. The highest BCUT2D eigenvalue weighted by molar-refractivity contribution is 5.27. The van der Waals surface area contributed by atoms with Crippen molar-refractivity contribution in [3.05, 3.63) is 33.7 Å². The first kappa shape index (κ1) is 12.8. The average Bonchev–Trinajstić information content (AvgIpc) is 2.19. The lowest BCUT2D eigenvalue weighted by atomic mass is 10.1. The Balaban J connectivity index is 3.36. The van der Waals surface area contributed by atoms with E-state index in [2.05, 4.69) is 0 Å². The van der Waals surface area contributed by atoms with E-state index in [1.165, 1.54) is 4.57 Å². The fraction of sp³-hybridized carbons (Fsp3) is 0.500. The van der Waals surface area contributed by atoms with Gasteiger partial charge in [-0.25, -0.2) is 0 Å². The van der Waals surface area contributed by atoms with Crippen molar-refractivity contribution in [1.82, 2.24) is 4.57 Å². The first-order chi connectivity index (χ1) is 7.40. The lowest BCUT2D eigenvalue weighted by Crippen LogP contribution is -2.23. The van der Waals surface area contributed by atoms with Crippen LogP contribution in [0.5, 0.6) is 0 Å². The van der Waals surface area contributed by atoms with Crippen LogP contribution in [0, 0.1) is 0 Å². The maximum Gasteiger partial charge on any atom is 0.416 e. The van der Waals surface area contributed by atoms with Crippen LogP contribution < -0.4 is 5.56 Å². The fourth-order valence-corrected chi connectivity index (χ4v) is 1.45. The molecule has 0 radical (unpaired) electrons. The molecule has 0 spiro atoms. The van der Waals surface area contributed by atoms with Crippen LogP contribution in [0.3, 0.4) is 0 Å². The van der Waals surface area contributed by atoms with E-state index >= 15 is 0 Å². The molecule has 16 heavy (non-hydrogen) atoms. The summed E-state index contributed by atoms with van der Waals surface area (Å²) < 4.78 is 38.9. The fourth-order valence-electron chi connectivity index (χ4n) is 1.45. The maximum absolute atomic E-state index is 12.6. The van der Waals surface area contributed by atoms with Crippen LogP contribution in [0.4, 0.5) is 13.2 Å². The molecule has 0 saturated carbocycles. The molecule has 0 aliphatic heterocycles. The van der Waals surface area contributed by atoms with Crippen LogP contribution >= 0.6 is 0 Å². The number of aliphatic hydroxyl groups is 1. The summed E-state index contributed by atoms with van der Waals surface area (Å²) in [4.78, 5) is 11.3. The van der Waals surface area contributed by atoms with Gasteiger partial charge in [0.2, 0.25) is 0 Å². The Bertz CT molecular complexity index is 423. The highest BCUT2D eigenvalue weighted by Crippen LogP contribution is 2.31. The van der Waals surface area contributed by atoms with E-state index in [1.807, 2.05) is 0 Å². The SMILES string of the molecule is CCn1cc(CCO)c(C(F)(F)F)cc1=O. The summed E-state index contributed by atoms with van der Waals surface area (Å²) in [5, 5.41) is 8.69. The molecular weight excluding hydrogens is 223 g/mol. The number of hydrogen-bond acceptors (Lipinski definition) is 2. The summed E-state index contributed by atoms with van der Waals surface area (Å²) in [7, 11) is 0. The van der Waals surface area contributed by atoms with Crippen molar-refractivity contribution in [2.24, 2.45) is 0 Å². The molecule has 0 aliphatic rings. The van der Waals surface area contributed by atoms with E-state index in [0.717, 1.165) is 6.20 Å². The Morgan fingerprint density at radius 1 is 1.44 bits per heavy atom. The van der Waals surface area contributed by atoms with Crippen molar-refractivity contribution >= 4 is 0 Å². The summed E-state index contributed by atoms with van der Waals surface area (Å²) in [6.07, 6.45) is -3.52. The van der Waals surface area contributed by atoms with Gasteiger partial charge in [0, 0.05) is 25.4 Å². The molecule has 0 aliphatic carbocycles. The number of aromatic nitrogens is 1. The zero-order chi connectivity index (χ0) is 12.3. The summed E-state index contributed by atoms with van der Waals surface area (Å²) in [6, 6.07) is 0.578. The second kappa shape index (κ2) is 4.69. The molecule has 0 saturated heterocycles. The van der Waals surface area contributed by atoms with Crippen LogP contribution in [-0.2, 0) is 19.1 Å². The molecule has 1 aromatic rings.